The van der Waals surface area contributed by atoms with Crippen LogP contribution >= 0.6 is 0 Å². The summed E-state index contributed by atoms with van der Waals surface area (Å²) in [7, 11) is 0. The Bertz CT molecular complexity index is 1120. The number of aromatic amines is 1. The molecular formula is C23H29N7O2. The van der Waals surface area contributed by atoms with Crippen molar-refractivity contribution in [2.75, 3.05) is 42.8 Å². The van der Waals surface area contributed by atoms with Gasteiger partial charge in [0.15, 0.2) is 11.6 Å². The summed E-state index contributed by atoms with van der Waals surface area (Å²) in [6, 6.07) is 5.40. The van der Waals surface area contributed by atoms with Crippen molar-refractivity contribution in [1.29, 1.82) is 0 Å². The number of anilines is 2. The average molecular weight is 436 g/mol. The number of hydrogen-bond acceptors (Lipinski definition) is 7. The second-order valence-electron chi connectivity index (χ2n) is 9.66. The van der Waals surface area contributed by atoms with Crippen LogP contribution in [0.3, 0.4) is 0 Å². The van der Waals surface area contributed by atoms with Crippen LogP contribution in [-0.2, 0) is 9.47 Å². The lowest BCUT2D eigenvalue weighted by Gasteiger charge is -2.38. The van der Waals surface area contributed by atoms with Gasteiger partial charge in [-0.2, -0.15) is 5.10 Å². The Kier molecular flexibility index (Phi) is 4.24. The van der Waals surface area contributed by atoms with Crippen molar-refractivity contribution < 1.29 is 9.47 Å². The lowest BCUT2D eigenvalue weighted by atomic mass is 10.1. The summed E-state index contributed by atoms with van der Waals surface area (Å²) in [4.78, 5) is 10.1. The van der Waals surface area contributed by atoms with Crippen LogP contribution in [0.4, 0.5) is 11.5 Å². The first-order chi connectivity index (χ1) is 15.8. The quantitative estimate of drug-likeness (QED) is 0.674. The van der Waals surface area contributed by atoms with Gasteiger partial charge in [-0.3, -0.25) is 5.10 Å². The van der Waals surface area contributed by atoms with Gasteiger partial charge in [-0.05, 0) is 38.7 Å². The molecule has 3 aromatic rings. The van der Waals surface area contributed by atoms with E-state index in [-0.39, 0.29) is 0 Å². The van der Waals surface area contributed by atoms with Crippen LogP contribution in [0.5, 0.6) is 0 Å². The van der Waals surface area contributed by atoms with Crippen LogP contribution in [0.15, 0.2) is 18.3 Å². The molecule has 9 heteroatoms. The Morgan fingerprint density at radius 2 is 1.91 bits per heavy atom. The summed E-state index contributed by atoms with van der Waals surface area (Å²) in [5, 5.41) is 12.5. The SMILES string of the molecule is C[C@@H]1COCCN1c1cc(N2C3CCC2COC3)nn2c(-c3ccn[nH]3)nc(C3CC3)c12. The Labute approximate surface area is 186 Å². The van der Waals surface area contributed by atoms with Crippen LogP contribution in [0.25, 0.3) is 17.0 Å². The summed E-state index contributed by atoms with van der Waals surface area (Å²) in [5.74, 6) is 2.40. The molecule has 0 spiro atoms. The van der Waals surface area contributed by atoms with Gasteiger partial charge in [0, 0.05) is 30.8 Å². The normalized spacial score (nSPS) is 28.1. The van der Waals surface area contributed by atoms with E-state index in [0.717, 1.165) is 55.8 Å². The third kappa shape index (κ3) is 2.87. The average Bonchev–Trinajstić information content (AvgIpc) is 3.27. The Hall–Kier alpha value is -2.65. The number of nitrogens with zero attached hydrogens (tertiary/aromatic N) is 6. The highest BCUT2D eigenvalue weighted by Crippen LogP contribution is 2.46. The minimum Gasteiger partial charge on any atom is -0.377 e. The molecule has 32 heavy (non-hydrogen) atoms. The van der Waals surface area contributed by atoms with Crippen LogP contribution in [0, 0.1) is 0 Å². The molecule has 1 aliphatic carbocycles. The van der Waals surface area contributed by atoms with Crippen molar-refractivity contribution in [3.05, 3.63) is 24.0 Å². The first-order valence-electron chi connectivity index (χ1n) is 11.9. The molecule has 7 rings (SSSR count). The predicted molar refractivity (Wildman–Crippen MR) is 120 cm³/mol. The Morgan fingerprint density at radius 3 is 2.62 bits per heavy atom. The zero-order valence-corrected chi connectivity index (χ0v) is 18.4. The van der Waals surface area contributed by atoms with E-state index in [1.807, 2.05) is 6.07 Å². The molecule has 0 radical (unpaired) electrons. The monoisotopic (exact) mass is 435 g/mol. The number of ether oxygens (including phenoxy) is 2. The van der Waals surface area contributed by atoms with Gasteiger partial charge >= 0.3 is 0 Å². The number of morpholine rings is 2. The van der Waals surface area contributed by atoms with Gasteiger partial charge in [-0.1, -0.05) is 0 Å². The molecule has 2 unspecified atom stereocenters. The van der Waals surface area contributed by atoms with Gasteiger partial charge in [0.05, 0.1) is 49.9 Å². The van der Waals surface area contributed by atoms with Crippen LogP contribution in [-0.4, -0.2) is 75.9 Å². The number of aromatic nitrogens is 5. The van der Waals surface area contributed by atoms with E-state index in [2.05, 4.69) is 37.5 Å². The van der Waals surface area contributed by atoms with E-state index in [9.17, 15) is 0 Å². The summed E-state index contributed by atoms with van der Waals surface area (Å²) >= 11 is 0. The van der Waals surface area contributed by atoms with Crippen molar-refractivity contribution in [2.45, 2.75) is 56.7 Å². The largest absolute Gasteiger partial charge is 0.377 e. The molecule has 0 aromatic carbocycles. The number of nitrogens with one attached hydrogen (secondary N) is 1. The van der Waals surface area contributed by atoms with Crippen molar-refractivity contribution in [3.8, 4) is 11.5 Å². The molecule has 3 saturated heterocycles. The third-order valence-electron chi connectivity index (χ3n) is 7.48. The molecule has 4 aliphatic rings. The number of imidazole rings is 1. The first kappa shape index (κ1) is 18.9. The topological polar surface area (TPSA) is 83.8 Å². The molecule has 3 aromatic heterocycles. The molecule has 1 N–H and O–H groups in total. The van der Waals surface area contributed by atoms with E-state index in [1.54, 1.807) is 6.20 Å². The van der Waals surface area contributed by atoms with Gasteiger partial charge in [-0.15, -0.1) is 5.10 Å². The molecule has 0 amide bonds. The highest BCUT2D eigenvalue weighted by molar-refractivity contribution is 5.82. The summed E-state index contributed by atoms with van der Waals surface area (Å²) < 4.78 is 13.7. The lowest BCUT2D eigenvalue weighted by Crippen LogP contribution is -2.47. The highest BCUT2D eigenvalue weighted by atomic mass is 16.5. The van der Waals surface area contributed by atoms with Crippen molar-refractivity contribution in [2.24, 2.45) is 0 Å². The zero-order valence-electron chi connectivity index (χ0n) is 18.4. The predicted octanol–water partition coefficient (Wildman–Crippen LogP) is 2.59. The zero-order chi connectivity index (χ0) is 21.2. The van der Waals surface area contributed by atoms with Gasteiger partial charge in [0.2, 0.25) is 0 Å². The second-order valence-corrected chi connectivity index (χ2v) is 9.66. The fraction of sp³-hybridized carbons (Fsp3) is 0.609. The van der Waals surface area contributed by atoms with E-state index in [0.29, 0.717) is 24.0 Å². The summed E-state index contributed by atoms with van der Waals surface area (Å²) in [5.41, 5.74) is 4.46. The smallest absolute Gasteiger partial charge is 0.179 e. The van der Waals surface area contributed by atoms with E-state index in [4.69, 9.17) is 19.6 Å². The number of rotatable bonds is 4. The Balaban J connectivity index is 1.47. The van der Waals surface area contributed by atoms with Gasteiger partial charge in [0.25, 0.3) is 0 Å². The van der Waals surface area contributed by atoms with Crippen LogP contribution < -0.4 is 9.80 Å². The maximum atomic E-state index is 5.86. The third-order valence-corrected chi connectivity index (χ3v) is 7.48. The van der Waals surface area contributed by atoms with Crippen molar-refractivity contribution >= 4 is 17.0 Å². The molecule has 9 nitrogen and oxygen atoms in total. The molecular weight excluding hydrogens is 406 g/mol. The van der Waals surface area contributed by atoms with Gasteiger partial charge < -0.3 is 19.3 Å². The van der Waals surface area contributed by atoms with E-state index >= 15 is 0 Å². The molecule has 3 atom stereocenters. The summed E-state index contributed by atoms with van der Waals surface area (Å²) in [6.45, 7) is 6.18. The highest BCUT2D eigenvalue weighted by Gasteiger charge is 2.40. The standard InChI is InChI=1S/C23H29N7O2/c1-14-11-31-9-8-28(14)19-10-20(29-16-4-5-17(29)13-32-12-16)27-30-22(19)21(15-2-3-15)25-23(30)18-6-7-24-26-18/h6-7,10,14-17H,2-5,8-9,11-13H2,1H3,(H,24,26)/t14-,16?,17?/m1/s1. The lowest BCUT2D eigenvalue weighted by molar-refractivity contribution is 0.0900. The molecule has 1 saturated carbocycles. The number of H-pyrrole nitrogens is 1. The molecule has 168 valence electrons. The van der Waals surface area contributed by atoms with Crippen LogP contribution in [0.2, 0.25) is 0 Å². The fourth-order valence-corrected chi connectivity index (χ4v) is 5.72. The summed E-state index contributed by atoms with van der Waals surface area (Å²) in [6.07, 6.45) is 6.51. The van der Waals surface area contributed by atoms with E-state index in [1.165, 1.54) is 37.1 Å². The van der Waals surface area contributed by atoms with Crippen molar-refractivity contribution in [3.63, 3.8) is 0 Å². The maximum absolute atomic E-state index is 5.86. The van der Waals surface area contributed by atoms with E-state index < -0.39 is 0 Å². The molecule has 3 aliphatic heterocycles. The molecule has 6 heterocycles. The fourth-order valence-electron chi connectivity index (χ4n) is 5.72. The Morgan fingerprint density at radius 1 is 1.06 bits per heavy atom. The molecule has 2 bridgehead atoms. The minimum atomic E-state index is 0.307. The molecule has 4 fully saturated rings. The van der Waals surface area contributed by atoms with Crippen molar-refractivity contribution in [1.82, 2.24) is 24.8 Å². The number of fused-ring (bicyclic) bond motifs is 3. The van der Waals surface area contributed by atoms with Gasteiger partial charge in [0.1, 0.15) is 11.2 Å². The second kappa shape index (κ2) is 7.18. The maximum Gasteiger partial charge on any atom is 0.179 e. The number of hydrogen-bond donors (Lipinski definition) is 1. The van der Waals surface area contributed by atoms with Crippen LogP contribution in [0.1, 0.15) is 44.2 Å². The minimum absolute atomic E-state index is 0.307. The first-order valence-corrected chi connectivity index (χ1v) is 11.9. The van der Waals surface area contributed by atoms with Gasteiger partial charge in [-0.25, -0.2) is 9.50 Å².